The van der Waals surface area contributed by atoms with Crippen molar-refractivity contribution < 1.29 is 28.0 Å². The molecule has 3 aromatic rings. The first-order chi connectivity index (χ1) is 16.5. The Balaban J connectivity index is 1.74. The van der Waals surface area contributed by atoms with Crippen LogP contribution in [0.4, 0.5) is 5.69 Å². The van der Waals surface area contributed by atoms with Gasteiger partial charge in [-0.3, -0.25) is 19.7 Å². The number of halogens is 2. The lowest BCUT2D eigenvalue weighted by atomic mass is 10.1. The molecule has 1 heterocycles. The number of aliphatic carboxylic acids is 1. The smallest absolute Gasteiger partial charge is 0.305 e. The highest BCUT2D eigenvalue weighted by molar-refractivity contribution is 7.89. The summed E-state index contributed by atoms with van der Waals surface area (Å²) >= 11 is 12.2. The third kappa shape index (κ3) is 6.79. The van der Waals surface area contributed by atoms with Gasteiger partial charge in [0, 0.05) is 28.6 Å². The molecule has 0 saturated heterocycles. The molecule has 0 aliphatic heterocycles. The van der Waals surface area contributed by atoms with Gasteiger partial charge >= 0.3 is 5.97 Å². The van der Waals surface area contributed by atoms with Gasteiger partial charge in [-0.1, -0.05) is 29.3 Å². The van der Waals surface area contributed by atoms with Gasteiger partial charge in [0.1, 0.15) is 6.54 Å². The molecule has 0 aliphatic rings. The molecule has 3 rings (SSSR count). The van der Waals surface area contributed by atoms with Gasteiger partial charge in [-0.15, -0.1) is 10.2 Å². The van der Waals surface area contributed by atoms with Gasteiger partial charge in [-0.2, -0.15) is 9.52 Å². The number of benzene rings is 2. The average Bonchev–Trinajstić information content (AvgIpc) is 3.22. The maximum Gasteiger partial charge on any atom is 0.305 e. The minimum Gasteiger partial charge on any atom is -0.481 e. The number of non-ortho nitro benzene ring substituents is 1. The number of hydrogen-bond acceptors (Lipinski definition) is 9. The summed E-state index contributed by atoms with van der Waals surface area (Å²) in [6.45, 7) is -0.579. The zero-order valence-corrected chi connectivity index (χ0v) is 19.9. The second-order valence-corrected chi connectivity index (χ2v) is 9.63. The largest absolute Gasteiger partial charge is 0.481 e. The number of nitro benzene ring substituents is 1. The first-order valence-electron chi connectivity index (χ1n) is 9.67. The Labute approximate surface area is 207 Å². The topological polar surface area (TPSA) is 187 Å². The van der Waals surface area contributed by atoms with Gasteiger partial charge < -0.3 is 5.11 Å². The van der Waals surface area contributed by atoms with E-state index in [1.165, 1.54) is 0 Å². The molecule has 0 bridgehead atoms. The highest BCUT2D eigenvalue weighted by Gasteiger charge is 2.29. The van der Waals surface area contributed by atoms with Crippen molar-refractivity contribution in [2.24, 2.45) is 0 Å². The van der Waals surface area contributed by atoms with E-state index in [-0.39, 0.29) is 22.8 Å². The molecule has 0 radical (unpaired) electrons. The van der Waals surface area contributed by atoms with Crippen molar-refractivity contribution in [3.8, 4) is 0 Å². The number of hydrogen-bond donors (Lipinski definition) is 2. The van der Waals surface area contributed by atoms with Crippen LogP contribution >= 0.6 is 23.2 Å². The van der Waals surface area contributed by atoms with Gasteiger partial charge in [0.05, 0.1) is 22.3 Å². The lowest BCUT2D eigenvalue weighted by Crippen LogP contribution is -2.43. The number of sulfonamides is 1. The van der Waals surface area contributed by atoms with Crippen molar-refractivity contribution in [1.29, 1.82) is 0 Å². The van der Waals surface area contributed by atoms with Crippen LogP contribution in [0.1, 0.15) is 17.8 Å². The fourth-order valence-corrected chi connectivity index (χ4v) is 4.67. The van der Waals surface area contributed by atoms with Crippen LogP contribution in [0.3, 0.4) is 0 Å². The van der Waals surface area contributed by atoms with Gasteiger partial charge in [-0.05, 0) is 35.0 Å². The number of carbonyl (C=O) groups excluding carboxylic acids is 1. The van der Waals surface area contributed by atoms with E-state index in [2.05, 4.69) is 15.4 Å². The summed E-state index contributed by atoms with van der Waals surface area (Å²) in [5.74, 6) is -2.11. The lowest BCUT2D eigenvalue weighted by Gasteiger charge is -2.15. The van der Waals surface area contributed by atoms with E-state index < -0.39 is 45.7 Å². The molecule has 1 unspecified atom stereocenters. The SMILES string of the molecule is O=C(O)CC(NS(=O)(=O)c1ccc([N+](=O)[O-])cc1)C(=O)Cn1nnc(Cc2c(Cl)cccc2Cl)n1. The highest BCUT2D eigenvalue weighted by Crippen LogP contribution is 2.25. The number of carboxylic acids is 1. The van der Waals surface area contributed by atoms with Crippen molar-refractivity contribution in [3.63, 3.8) is 0 Å². The molecule has 0 aliphatic carbocycles. The third-order valence-electron chi connectivity index (χ3n) is 4.61. The van der Waals surface area contributed by atoms with Crippen molar-refractivity contribution in [2.75, 3.05) is 0 Å². The first-order valence-corrected chi connectivity index (χ1v) is 11.9. The number of nitro groups is 1. The second-order valence-electron chi connectivity index (χ2n) is 7.10. The van der Waals surface area contributed by atoms with Crippen LogP contribution in [-0.4, -0.2) is 56.4 Å². The maximum atomic E-state index is 12.7. The summed E-state index contributed by atoms with van der Waals surface area (Å²) in [4.78, 5) is 34.5. The number of carbonyl (C=O) groups is 2. The molecule has 0 amide bonds. The summed E-state index contributed by atoms with van der Waals surface area (Å²) in [6, 6.07) is 7.12. The minimum atomic E-state index is -4.38. The van der Waals surface area contributed by atoms with Crippen LogP contribution in [-0.2, 0) is 32.6 Å². The fourth-order valence-electron chi connectivity index (χ4n) is 2.92. The molecule has 0 fully saturated rings. The standard InChI is InChI=1S/C19H16Cl2N6O7S/c20-14-2-1-3-15(21)13(14)8-18-22-25-26(23-18)10-17(28)16(9-19(29)30)24-35(33,34)12-6-4-11(5-7-12)27(31)32/h1-7,16,24H,8-10H2,(H,29,30). The predicted molar refractivity (Wildman–Crippen MR) is 122 cm³/mol. The van der Waals surface area contributed by atoms with E-state index in [1.807, 2.05) is 4.72 Å². The van der Waals surface area contributed by atoms with Gasteiger partial charge in [-0.25, -0.2) is 8.42 Å². The molecule has 184 valence electrons. The molecule has 0 saturated carbocycles. The molecule has 1 aromatic heterocycles. The molecule has 35 heavy (non-hydrogen) atoms. The first kappa shape index (κ1) is 26.2. The molecule has 1 atom stereocenters. The van der Waals surface area contributed by atoms with Crippen LogP contribution in [0, 0.1) is 10.1 Å². The monoisotopic (exact) mass is 542 g/mol. The van der Waals surface area contributed by atoms with Crippen molar-refractivity contribution in [1.82, 2.24) is 24.9 Å². The molecule has 16 heteroatoms. The fraction of sp³-hybridized carbons (Fsp3) is 0.211. The zero-order valence-electron chi connectivity index (χ0n) is 17.5. The van der Waals surface area contributed by atoms with E-state index in [4.69, 9.17) is 28.3 Å². The molecule has 2 aromatic carbocycles. The maximum absolute atomic E-state index is 12.7. The third-order valence-corrected chi connectivity index (χ3v) is 6.81. The summed E-state index contributed by atoms with van der Waals surface area (Å²) in [5, 5.41) is 32.3. The molecular formula is C19H16Cl2N6O7S. The predicted octanol–water partition coefficient (Wildman–Crippen LogP) is 1.87. The van der Waals surface area contributed by atoms with Crippen LogP contribution in [0.15, 0.2) is 47.4 Å². The highest BCUT2D eigenvalue weighted by atomic mass is 35.5. The summed E-state index contributed by atoms with van der Waals surface area (Å²) in [5.41, 5.74) is 0.203. The van der Waals surface area contributed by atoms with Gasteiger partial charge in [0.2, 0.25) is 10.0 Å². The number of tetrazole rings is 1. The van der Waals surface area contributed by atoms with Gasteiger partial charge in [0.15, 0.2) is 11.6 Å². The Kier molecular flexibility index (Phi) is 8.11. The van der Waals surface area contributed by atoms with Gasteiger partial charge in [0.25, 0.3) is 5.69 Å². The van der Waals surface area contributed by atoms with Crippen molar-refractivity contribution in [2.45, 2.75) is 30.3 Å². The number of nitrogens with one attached hydrogen (secondary N) is 1. The average molecular weight is 543 g/mol. The quantitative estimate of drug-likeness (QED) is 0.267. The van der Waals surface area contributed by atoms with Crippen LogP contribution in [0.5, 0.6) is 0 Å². The minimum absolute atomic E-state index is 0.109. The van der Waals surface area contributed by atoms with Crippen LogP contribution in [0.2, 0.25) is 10.0 Å². The van der Waals surface area contributed by atoms with Crippen molar-refractivity contribution in [3.05, 3.63) is 74.0 Å². The molecule has 0 spiro atoms. The number of carboxylic acid groups (broad SMARTS) is 1. The van der Waals surface area contributed by atoms with E-state index in [0.29, 0.717) is 15.6 Å². The van der Waals surface area contributed by atoms with Crippen LogP contribution in [0.25, 0.3) is 0 Å². The second kappa shape index (κ2) is 10.9. The normalized spacial score (nSPS) is 12.3. The Hall–Kier alpha value is -3.46. The van der Waals surface area contributed by atoms with E-state index in [9.17, 15) is 28.1 Å². The number of Topliss-reactive ketones (excluding diaryl/α,β-unsaturated/α-hetero) is 1. The summed E-state index contributed by atoms with van der Waals surface area (Å²) in [6.07, 6.45) is -0.750. The lowest BCUT2D eigenvalue weighted by molar-refractivity contribution is -0.384. The Morgan fingerprint density at radius 3 is 2.34 bits per heavy atom. The Bertz CT molecular complexity index is 1360. The summed E-state index contributed by atoms with van der Waals surface area (Å²) in [7, 11) is -4.38. The van der Waals surface area contributed by atoms with Crippen molar-refractivity contribution >= 4 is 50.7 Å². The van der Waals surface area contributed by atoms with E-state index >= 15 is 0 Å². The molecule has 13 nitrogen and oxygen atoms in total. The molecular weight excluding hydrogens is 527 g/mol. The van der Waals surface area contributed by atoms with E-state index in [0.717, 1.165) is 29.1 Å². The Morgan fingerprint density at radius 1 is 1.14 bits per heavy atom. The number of ketones is 1. The number of nitrogens with zero attached hydrogens (tertiary/aromatic N) is 5. The summed E-state index contributed by atoms with van der Waals surface area (Å²) < 4.78 is 27.3. The number of aromatic nitrogens is 4. The van der Waals surface area contributed by atoms with Crippen LogP contribution < -0.4 is 4.72 Å². The number of rotatable bonds is 11. The Morgan fingerprint density at radius 2 is 1.77 bits per heavy atom. The zero-order chi connectivity index (χ0) is 25.8. The molecule has 2 N–H and O–H groups in total. The van der Waals surface area contributed by atoms with E-state index in [1.54, 1.807) is 18.2 Å².